The van der Waals surface area contributed by atoms with Crippen molar-refractivity contribution < 1.29 is 24.5 Å². The van der Waals surface area contributed by atoms with Gasteiger partial charge in [0.15, 0.2) is 0 Å². The summed E-state index contributed by atoms with van der Waals surface area (Å²) in [6, 6.07) is 0. The number of carbonyl (C=O) groups excluding carboxylic acids is 1. The molecule has 0 radical (unpaired) electrons. The zero-order valence-corrected chi connectivity index (χ0v) is 10.3. The number of aliphatic carboxylic acids is 1. The van der Waals surface area contributed by atoms with E-state index in [2.05, 4.69) is 0 Å². The summed E-state index contributed by atoms with van der Waals surface area (Å²) in [6.45, 7) is 5.33. The fraction of sp³-hybridized carbons (Fsp3) is 0.818. The zero-order valence-electron chi connectivity index (χ0n) is 10.3. The summed E-state index contributed by atoms with van der Waals surface area (Å²) in [6.07, 6.45) is -0.528. The van der Waals surface area contributed by atoms with Crippen molar-refractivity contribution in [2.45, 2.75) is 26.4 Å². The molecule has 1 fully saturated rings. The standard InChI is InChI=1S/C11H19NO5/c1-11(2,3)17-10(16)12-4-7(6-13)8(5-12)9(14)15/h7-8,13H,4-6H2,1-3H3,(H,14,15)/t7-,8-/m1/s1. The van der Waals surface area contributed by atoms with Gasteiger partial charge in [-0.15, -0.1) is 0 Å². The minimum absolute atomic E-state index is 0.0927. The Morgan fingerprint density at radius 2 is 1.94 bits per heavy atom. The molecular formula is C11H19NO5. The number of carboxylic acids is 1. The molecular weight excluding hydrogens is 226 g/mol. The van der Waals surface area contributed by atoms with Crippen LogP contribution in [0.2, 0.25) is 0 Å². The van der Waals surface area contributed by atoms with Gasteiger partial charge in [-0.1, -0.05) is 0 Å². The first kappa shape index (κ1) is 13.8. The van der Waals surface area contributed by atoms with Crippen molar-refractivity contribution in [2.24, 2.45) is 11.8 Å². The van der Waals surface area contributed by atoms with Gasteiger partial charge in [-0.05, 0) is 20.8 Å². The Morgan fingerprint density at radius 3 is 2.29 bits per heavy atom. The number of hydrogen-bond donors (Lipinski definition) is 2. The fourth-order valence-electron chi connectivity index (χ4n) is 1.81. The third-order valence-corrected chi connectivity index (χ3v) is 2.64. The van der Waals surface area contributed by atoms with E-state index in [0.29, 0.717) is 0 Å². The lowest BCUT2D eigenvalue weighted by Crippen LogP contribution is -2.36. The number of amides is 1. The van der Waals surface area contributed by atoms with Crippen LogP contribution in [-0.2, 0) is 9.53 Å². The molecule has 0 aromatic carbocycles. The second-order valence-electron chi connectivity index (χ2n) is 5.27. The normalized spacial score (nSPS) is 24.8. The summed E-state index contributed by atoms with van der Waals surface area (Å²) in [7, 11) is 0. The molecule has 6 nitrogen and oxygen atoms in total. The maximum atomic E-state index is 11.7. The average Bonchev–Trinajstić information content (AvgIpc) is 2.58. The maximum absolute atomic E-state index is 11.7. The van der Waals surface area contributed by atoms with Gasteiger partial charge in [0.05, 0.1) is 5.92 Å². The monoisotopic (exact) mass is 245 g/mol. The number of ether oxygens (including phenoxy) is 1. The summed E-state index contributed by atoms with van der Waals surface area (Å²) in [5.74, 6) is -2.12. The van der Waals surface area contributed by atoms with Crippen LogP contribution >= 0.6 is 0 Å². The summed E-state index contributed by atoms with van der Waals surface area (Å²) >= 11 is 0. The molecule has 1 rings (SSSR count). The smallest absolute Gasteiger partial charge is 0.410 e. The molecule has 0 aromatic heterocycles. The fourth-order valence-corrected chi connectivity index (χ4v) is 1.81. The highest BCUT2D eigenvalue weighted by Gasteiger charge is 2.40. The van der Waals surface area contributed by atoms with Crippen LogP contribution in [0.15, 0.2) is 0 Å². The summed E-state index contributed by atoms with van der Waals surface area (Å²) in [5, 5.41) is 18.0. The highest BCUT2D eigenvalue weighted by molar-refractivity contribution is 5.74. The first-order valence-electron chi connectivity index (χ1n) is 5.56. The maximum Gasteiger partial charge on any atom is 0.410 e. The topological polar surface area (TPSA) is 87.1 Å². The van der Waals surface area contributed by atoms with E-state index in [1.54, 1.807) is 20.8 Å². The Kier molecular flexibility index (Phi) is 3.98. The van der Waals surface area contributed by atoms with E-state index in [1.807, 2.05) is 0 Å². The Morgan fingerprint density at radius 1 is 1.35 bits per heavy atom. The van der Waals surface area contributed by atoms with Crippen LogP contribution in [0.4, 0.5) is 4.79 Å². The van der Waals surface area contributed by atoms with Crippen LogP contribution in [0.3, 0.4) is 0 Å². The van der Waals surface area contributed by atoms with Crippen molar-refractivity contribution in [3.8, 4) is 0 Å². The Bertz CT molecular complexity index is 309. The molecule has 0 spiro atoms. The minimum Gasteiger partial charge on any atom is -0.481 e. The number of likely N-dealkylation sites (tertiary alicyclic amines) is 1. The molecule has 0 unspecified atom stereocenters. The van der Waals surface area contributed by atoms with Crippen LogP contribution in [0, 0.1) is 11.8 Å². The van der Waals surface area contributed by atoms with Gasteiger partial charge in [0.25, 0.3) is 0 Å². The van der Waals surface area contributed by atoms with E-state index in [4.69, 9.17) is 14.9 Å². The average molecular weight is 245 g/mol. The van der Waals surface area contributed by atoms with Crippen molar-refractivity contribution in [2.75, 3.05) is 19.7 Å². The van der Waals surface area contributed by atoms with Crippen LogP contribution in [-0.4, -0.2) is 52.5 Å². The number of aliphatic hydroxyl groups excluding tert-OH is 1. The van der Waals surface area contributed by atoms with Crippen molar-refractivity contribution in [1.82, 2.24) is 4.90 Å². The molecule has 17 heavy (non-hydrogen) atoms. The lowest BCUT2D eigenvalue weighted by Gasteiger charge is -2.24. The van der Waals surface area contributed by atoms with Gasteiger partial charge < -0.3 is 19.8 Å². The second-order valence-corrected chi connectivity index (χ2v) is 5.27. The Hall–Kier alpha value is -1.30. The summed E-state index contributed by atoms with van der Waals surface area (Å²) in [4.78, 5) is 24.0. The third-order valence-electron chi connectivity index (χ3n) is 2.64. The van der Waals surface area contributed by atoms with E-state index in [1.165, 1.54) is 4.90 Å². The second kappa shape index (κ2) is 4.91. The van der Waals surface area contributed by atoms with Crippen LogP contribution in [0.25, 0.3) is 0 Å². The Labute approximate surface area is 100 Å². The largest absolute Gasteiger partial charge is 0.481 e. The molecule has 2 atom stereocenters. The molecule has 1 aliphatic heterocycles. The quantitative estimate of drug-likeness (QED) is 0.741. The Balaban J connectivity index is 2.64. The molecule has 0 bridgehead atoms. The van der Waals surface area contributed by atoms with E-state index >= 15 is 0 Å². The van der Waals surface area contributed by atoms with E-state index in [-0.39, 0.29) is 19.7 Å². The predicted molar refractivity (Wildman–Crippen MR) is 59.5 cm³/mol. The SMILES string of the molecule is CC(C)(C)OC(=O)N1C[C@H](CO)[C@H](C(=O)O)C1. The van der Waals surface area contributed by atoms with E-state index in [9.17, 15) is 9.59 Å². The first-order valence-corrected chi connectivity index (χ1v) is 5.56. The van der Waals surface area contributed by atoms with Gasteiger partial charge in [0.2, 0.25) is 0 Å². The van der Waals surface area contributed by atoms with Gasteiger partial charge in [-0.3, -0.25) is 4.79 Å². The van der Waals surface area contributed by atoms with Crippen LogP contribution in [0.1, 0.15) is 20.8 Å². The molecule has 2 N–H and O–H groups in total. The number of hydrogen-bond acceptors (Lipinski definition) is 4. The highest BCUT2D eigenvalue weighted by Crippen LogP contribution is 2.25. The number of carboxylic acid groups (broad SMARTS) is 1. The van der Waals surface area contributed by atoms with E-state index < -0.39 is 29.5 Å². The van der Waals surface area contributed by atoms with Gasteiger partial charge >= 0.3 is 12.1 Å². The predicted octanol–water partition coefficient (Wildman–Crippen LogP) is 0.546. The molecule has 6 heteroatoms. The molecule has 1 aliphatic rings. The van der Waals surface area contributed by atoms with Crippen molar-refractivity contribution in [3.63, 3.8) is 0 Å². The van der Waals surface area contributed by atoms with Gasteiger partial charge in [-0.2, -0.15) is 0 Å². The minimum atomic E-state index is -0.991. The van der Waals surface area contributed by atoms with Gasteiger partial charge in [0, 0.05) is 25.6 Å². The van der Waals surface area contributed by atoms with Crippen LogP contribution in [0.5, 0.6) is 0 Å². The molecule has 1 heterocycles. The summed E-state index contributed by atoms with van der Waals surface area (Å²) < 4.78 is 5.15. The lowest BCUT2D eigenvalue weighted by molar-refractivity contribution is -0.142. The number of carbonyl (C=O) groups is 2. The number of rotatable bonds is 2. The van der Waals surface area contributed by atoms with Crippen LogP contribution < -0.4 is 0 Å². The molecule has 0 aliphatic carbocycles. The lowest BCUT2D eigenvalue weighted by atomic mass is 9.97. The van der Waals surface area contributed by atoms with Gasteiger partial charge in [-0.25, -0.2) is 4.79 Å². The third kappa shape index (κ3) is 3.59. The molecule has 0 aromatic rings. The molecule has 0 saturated carbocycles. The van der Waals surface area contributed by atoms with Crippen molar-refractivity contribution in [3.05, 3.63) is 0 Å². The molecule has 1 saturated heterocycles. The van der Waals surface area contributed by atoms with Gasteiger partial charge in [0.1, 0.15) is 5.60 Å². The van der Waals surface area contributed by atoms with Crippen molar-refractivity contribution in [1.29, 1.82) is 0 Å². The molecule has 98 valence electrons. The highest BCUT2D eigenvalue weighted by atomic mass is 16.6. The number of nitrogens with zero attached hydrogens (tertiary/aromatic N) is 1. The summed E-state index contributed by atoms with van der Waals surface area (Å²) in [5.41, 5.74) is -0.604. The van der Waals surface area contributed by atoms with E-state index in [0.717, 1.165) is 0 Å². The van der Waals surface area contributed by atoms with Crippen molar-refractivity contribution >= 4 is 12.1 Å². The molecule has 1 amide bonds. The number of aliphatic hydroxyl groups is 1. The first-order chi connectivity index (χ1) is 7.74. The zero-order chi connectivity index (χ0) is 13.2.